The molecule has 0 bridgehead atoms. The van der Waals surface area contributed by atoms with E-state index in [9.17, 15) is 4.79 Å². The number of carbonyl (C=O) groups excluding carboxylic acids is 1. The molecule has 0 saturated carbocycles. The molecule has 3 rings (SSSR count). The number of ether oxygens (including phenoxy) is 1. The van der Waals surface area contributed by atoms with Crippen LogP contribution in [0.5, 0.6) is 0 Å². The lowest BCUT2D eigenvalue weighted by Crippen LogP contribution is -2.32. The van der Waals surface area contributed by atoms with Crippen LogP contribution in [0.2, 0.25) is 0 Å². The van der Waals surface area contributed by atoms with E-state index in [2.05, 4.69) is 36.1 Å². The van der Waals surface area contributed by atoms with Crippen LogP contribution in [-0.2, 0) is 9.53 Å². The van der Waals surface area contributed by atoms with Gasteiger partial charge in [0.2, 0.25) is 0 Å². The molecule has 1 fully saturated rings. The van der Waals surface area contributed by atoms with E-state index >= 15 is 0 Å². The van der Waals surface area contributed by atoms with Crippen LogP contribution in [0.4, 0.5) is 0 Å². The van der Waals surface area contributed by atoms with E-state index in [1.165, 1.54) is 12.8 Å². The first-order chi connectivity index (χ1) is 11.8. The van der Waals surface area contributed by atoms with Gasteiger partial charge in [0.1, 0.15) is 6.61 Å². The van der Waals surface area contributed by atoms with Gasteiger partial charge in [-0.2, -0.15) is 0 Å². The van der Waals surface area contributed by atoms with Crippen molar-refractivity contribution >= 4 is 18.4 Å². The zero-order valence-corrected chi connectivity index (χ0v) is 15.9. The Kier molecular flexibility index (Phi) is 7.98. The monoisotopic (exact) mass is 363 g/mol. The second-order valence-electron chi connectivity index (χ2n) is 7.11. The van der Waals surface area contributed by atoms with E-state index in [1.807, 2.05) is 18.2 Å². The molecule has 1 heterocycles. The summed E-state index contributed by atoms with van der Waals surface area (Å²) in [6.45, 7) is 4.75. The van der Waals surface area contributed by atoms with Crippen molar-refractivity contribution in [2.45, 2.75) is 51.0 Å². The lowest BCUT2D eigenvalue weighted by Gasteiger charge is -2.26. The number of halogens is 1. The molecule has 1 aromatic rings. The maximum absolute atomic E-state index is 12.8. The third-order valence-corrected chi connectivity index (χ3v) is 5.45. The highest BCUT2D eigenvalue weighted by Gasteiger charge is 2.30. The van der Waals surface area contributed by atoms with E-state index in [0.29, 0.717) is 12.6 Å². The Bertz CT molecular complexity index is 560. The van der Waals surface area contributed by atoms with Crippen LogP contribution in [0.25, 0.3) is 0 Å². The molecule has 3 unspecified atom stereocenters. The second-order valence-corrected chi connectivity index (χ2v) is 7.11. The van der Waals surface area contributed by atoms with Crippen LogP contribution in [-0.4, -0.2) is 36.6 Å². The van der Waals surface area contributed by atoms with Crippen LogP contribution in [0.15, 0.2) is 42.5 Å². The van der Waals surface area contributed by atoms with Crippen molar-refractivity contribution in [3.8, 4) is 0 Å². The molecule has 0 amide bonds. The molecule has 0 spiro atoms. The summed E-state index contributed by atoms with van der Waals surface area (Å²) in [6, 6.07) is 10.7. The molecule has 4 heteroatoms. The zero-order valence-electron chi connectivity index (χ0n) is 15.1. The lowest BCUT2D eigenvalue weighted by molar-refractivity contribution is -0.147. The van der Waals surface area contributed by atoms with Crippen LogP contribution < -0.4 is 0 Å². The van der Waals surface area contributed by atoms with Crippen molar-refractivity contribution in [2.24, 2.45) is 5.92 Å². The highest BCUT2D eigenvalue weighted by Crippen LogP contribution is 2.33. The van der Waals surface area contributed by atoms with E-state index in [0.717, 1.165) is 37.9 Å². The van der Waals surface area contributed by atoms with Gasteiger partial charge in [0.25, 0.3) is 0 Å². The van der Waals surface area contributed by atoms with E-state index in [4.69, 9.17) is 4.74 Å². The molecule has 25 heavy (non-hydrogen) atoms. The highest BCUT2D eigenvalue weighted by molar-refractivity contribution is 5.85. The van der Waals surface area contributed by atoms with Gasteiger partial charge < -0.3 is 4.74 Å². The summed E-state index contributed by atoms with van der Waals surface area (Å²) in [4.78, 5) is 15.2. The molecule has 2 aliphatic rings. The molecular formula is C21H30ClNO2. The molecule has 3 atom stereocenters. The van der Waals surface area contributed by atoms with Gasteiger partial charge in [-0.3, -0.25) is 9.69 Å². The molecular weight excluding hydrogens is 334 g/mol. The number of rotatable bonds is 6. The fraction of sp³-hybridized carbons (Fsp3) is 0.571. The average molecular weight is 364 g/mol. The third-order valence-electron chi connectivity index (χ3n) is 5.45. The first-order valence-corrected chi connectivity index (χ1v) is 9.38. The van der Waals surface area contributed by atoms with Crippen molar-refractivity contribution in [3.63, 3.8) is 0 Å². The minimum Gasteiger partial charge on any atom is -0.464 e. The minimum absolute atomic E-state index is 0. The topological polar surface area (TPSA) is 29.5 Å². The smallest absolute Gasteiger partial charge is 0.314 e. The number of carbonyl (C=O) groups is 1. The van der Waals surface area contributed by atoms with Gasteiger partial charge in [-0.1, -0.05) is 42.5 Å². The maximum atomic E-state index is 12.8. The summed E-state index contributed by atoms with van der Waals surface area (Å²) in [5.41, 5.74) is 1.08. The third kappa shape index (κ3) is 5.32. The minimum atomic E-state index is -0.168. The number of nitrogens with zero attached hydrogens (tertiary/aromatic N) is 1. The number of benzene rings is 1. The van der Waals surface area contributed by atoms with Gasteiger partial charge in [0.15, 0.2) is 0 Å². The molecule has 0 N–H and O–H groups in total. The van der Waals surface area contributed by atoms with E-state index in [-0.39, 0.29) is 30.2 Å². The van der Waals surface area contributed by atoms with Gasteiger partial charge >= 0.3 is 5.97 Å². The largest absolute Gasteiger partial charge is 0.464 e. The predicted molar refractivity (Wildman–Crippen MR) is 104 cm³/mol. The summed E-state index contributed by atoms with van der Waals surface area (Å²) in [5, 5.41) is 0. The standard InChI is InChI=1S/C21H29NO2.ClH/c1-17-9-8-14-22(17)15-16-24-21(23)20(18-10-4-2-5-11-18)19-12-6-3-7-13-19;/h2,4-6,10-12,17,19-20H,3,7-9,13-16H2,1H3;1H. The molecule has 1 aliphatic carbocycles. The summed E-state index contributed by atoms with van der Waals surface area (Å²) < 4.78 is 5.71. The molecule has 1 aromatic carbocycles. The number of allylic oxidation sites excluding steroid dienone is 2. The Balaban J connectivity index is 0.00000225. The van der Waals surface area contributed by atoms with Gasteiger partial charge in [-0.15, -0.1) is 12.4 Å². The summed E-state index contributed by atoms with van der Waals surface area (Å²) >= 11 is 0. The first-order valence-electron chi connectivity index (χ1n) is 9.38. The van der Waals surface area contributed by atoms with E-state index in [1.54, 1.807) is 0 Å². The van der Waals surface area contributed by atoms with Gasteiger partial charge in [-0.05, 0) is 57.1 Å². The first kappa shape index (κ1) is 20.0. The van der Waals surface area contributed by atoms with Crippen molar-refractivity contribution in [1.29, 1.82) is 0 Å². The fourth-order valence-corrected chi connectivity index (χ4v) is 4.01. The highest BCUT2D eigenvalue weighted by atomic mass is 35.5. The number of esters is 1. The summed E-state index contributed by atoms with van der Waals surface area (Å²) in [6.07, 6.45) is 10.3. The molecule has 1 saturated heterocycles. The molecule has 3 nitrogen and oxygen atoms in total. The number of likely N-dealkylation sites (tertiary alicyclic amines) is 1. The fourth-order valence-electron chi connectivity index (χ4n) is 4.01. The van der Waals surface area contributed by atoms with Crippen molar-refractivity contribution < 1.29 is 9.53 Å². The van der Waals surface area contributed by atoms with Crippen LogP contribution in [0.1, 0.15) is 50.5 Å². The average Bonchev–Trinajstić information content (AvgIpc) is 3.02. The zero-order chi connectivity index (χ0) is 16.8. The molecule has 0 radical (unpaired) electrons. The normalized spacial score (nSPS) is 24.5. The predicted octanol–water partition coefficient (Wildman–Crippen LogP) is 4.58. The van der Waals surface area contributed by atoms with Gasteiger partial charge in [-0.25, -0.2) is 0 Å². The molecule has 138 valence electrons. The Labute approximate surface area is 157 Å². The summed E-state index contributed by atoms with van der Waals surface area (Å²) in [7, 11) is 0. The Morgan fingerprint density at radius 1 is 1.24 bits per heavy atom. The molecule has 1 aliphatic heterocycles. The van der Waals surface area contributed by atoms with Crippen LogP contribution in [0, 0.1) is 5.92 Å². The number of hydrogen-bond acceptors (Lipinski definition) is 3. The maximum Gasteiger partial charge on any atom is 0.314 e. The van der Waals surface area contributed by atoms with Crippen molar-refractivity contribution in [2.75, 3.05) is 19.7 Å². The Morgan fingerprint density at radius 3 is 2.68 bits per heavy atom. The van der Waals surface area contributed by atoms with Gasteiger partial charge in [0.05, 0.1) is 5.92 Å². The van der Waals surface area contributed by atoms with Gasteiger partial charge in [0, 0.05) is 12.6 Å². The number of hydrogen-bond donors (Lipinski definition) is 0. The Morgan fingerprint density at radius 2 is 2.04 bits per heavy atom. The second kappa shape index (κ2) is 9.98. The Hall–Kier alpha value is -1.32. The van der Waals surface area contributed by atoms with Crippen molar-refractivity contribution in [1.82, 2.24) is 4.90 Å². The summed E-state index contributed by atoms with van der Waals surface area (Å²) in [5.74, 6) is 0.0303. The van der Waals surface area contributed by atoms with Crippen LogP contribution in [0.3, 0.4) is 0 Å². The van der Waals surface area contributed by atoms with Crippen molar-refractivity contribution in [3.05, 3.63) is 48.0 Å². The lowest BCUT2D eigenvalue weighted by atomic mass is 9.80. The van der Waals surface area contributed by atoms with Crippen LogP contribution >= 0.6 is 12.4 Å². The van der Waals surface area contributed by atoms with E-state index < -0.39 is 0 Å². The molecule has 0 aromatic heterocycles. The quantitative estimate of drug-likeness (QED) is 0.547. The SMILES string of the molecule is CC1CCCN1CCOC(=O)C(c1ccccc1)C1C=CCCC1.Cl.